The van der Waals surface area contributed by atoms with Gasteiger partial charge in [0, 0.05) is 24.0 Å². The minimum Gasteiger partial charge on any atom is -0.451 e. The van der Waals surface area contributed by atoms with E-state index in [9.17, 15) is 4.79 Å². The molecule has 1 heterocycles. The summed E-state index contributed by atoms with van der Waals surface area (Å²) >= 11 is 0. The molecule has 0 bridgehead atoms. The monoisotopic (exact) mass is 302 g/mol. The first-order chi connectivity index (χ1) is 10.2. The van der Waals surface area contributed by atoms with Gasteiger partial charge in [0.2, 0.25) is 0 Å². The third-order valence-corrected chi connectivity index (χ3v) is 3.77. The van der Waals surface area contributed by atoms with Crippen LogP contribution in [0.15, 0.2) is 22.6 Å². The van der Waals surface area contributed by atoms with E-state index in [4.69, 9.17) is 4.42 Å². The molecule has 1 aromatic heterocycles. The maximum Gasteiger partial charge on any atom is 0.287 e. The Bertz CT molecular complexity index is 684. The second-order valence-electron chi connectivity index (χ2n) is 7.14. The summed E-state index contributed by atoms with van der Waals surface area (Å²) in [5.74, 6) is 0.277. The third kappa shape index (κ3) is 3.69. The lowest BCUT2D eigenvalue weighted by atomic mass is 9.93. The summed E-state index contributed by atoms with van der Waals surface area (Å²) in [7, 11) is 4.07. The van der Waals surface area contributed by atoms with Gasteiger partial charge >= 0.3 is 0 Å². The number of hydrogen-bond donors (Lipinski definition) is 1. The summed E-state index contributed by atoms with van der Waals surface area (Å²) in [6.45, 7) is 9.77. The van der Waals surface area contributed by atoms with Crippen LogP contribution in [0.4, 0.5) is 0 Å². The number of nitrogens with zero attached hydrogens (tertiary/aromatic N) is 1. The quantitative estimate of drug-likeness (QED) is 0.921. The SMILES string of the molecule is Cc1ccc2oc(C(=O)NCC(C)(C)CN(C)C)c(C)c2c1. The highest BCUT2D eigenvalue weighted by Crippen LogP contribution is 2.26. The van der Waals surface area contributed by atoms with Gasteiger partial charge in [-0.2, -0.15) is 0 Å². The molecular formula is C18H26N2O2. The third-order valence-electron chi connectivity index (χ3n) is 3.77. The first-order valence-corrected chi connectivity index (χ1v) is 7.62. The number of carbonyl (C=O) groups is 1. The van der Waals surface area contributed by atoms with Crippen molar-refractivity contribution in [1.82, 2.24) is 10.2 Å². The van der Waals surface area contributed by atoms with Crippen molar-refractivity contribution in [2.45, 2.75) is 27.7 Å². The van der Waals surface area contributed by atoms with Crippen LogP contribution < -0.4 is 5.32 Å². The maximum absolute atomic E-state index is 12.4. The van der Waals surface area contributed by atoms with Gasteiger partial charge in [0.05, 0.1) is 0 Å². The minimum absolute atomic E-state index is 0.00959. The summed E-state index contributed by atoms with van der Waals surface area (Å²) in [6.07, 6.45) is 0. The lowest BCUT2D eigenvalue weighted by Crippen LogP contribution is -2.40. The molecule has 2 rings (SSSR count). The number of amides is 1. The number of carbonyl (C=O) groups excluding carboxylic acids is 1. The van der Waals surface area contributed by atoms with E-state index >= 15 is 0 Å². The first kappa shape index (κ1) is 16.6. The Kier molecular flexibility index (Phi) is 4.61. The molecule has 0 spiro atoms. The molecule has 0 aliphatic heterocycles. The summed E-state index contributed by atoms with van der Waals surface area (Å²) < 4.78 is 5.74. The zero-order chi connectivity index (χ0) is 16.5. The Morgan fingerprint density at radius 3 is 2.59 bits per heavy atom. The van der Waals surface area contributed by atoms with Crippen LogP contribution in [0.25, 0.3) is 11.0 Å². The molecule has 1 aromatic carbocycles. The Balaban J connectivity index is 2.15. The first-order valence-electron chi connectivity index (χ1n) is 7.62. The van der Waals surface area contributed by atoms with Gasteiger partial charge in [0.1, 0.15) is 5.58 Å². The van der Waals surface area contributed by atoms with Crippen LogP contribution in [0.5, 0.6) is 0 Å². The molecule has 4 nitrogen and oxygen atoms in total. The van der Waals surface area contributed by atoms with E-state index in [0.717, 1.165) is 28.6 Å². The van der Waals surface area contributed by atoms with E-state index in [-0.39, 0.29) is 11.3 Å². The van der Waals surface area contributed by atoms with Gasteiger partial charge in [-0.15, -0.1) is 0 Å². The number of rotatable bonds is 5. The Morgan fingerprint density at radius 2 is 1.95 bits per heavy atom. The van der Waals surface area contributed by atoms with E-state index in [1.807, 2.05) is 40.1 Å². The number of aryl methyl sites for hydroxylation is 2. The molecule has 120 valence electrons. The minimum atomic E-state index is -0.141. The van der Waals surface area contributed by atoms with Gasteiger partial charge in [-0.25, -0.2) is 0 Å². The highest BCUT2D eigenvalue weighted by atomic mass is 16.3. The number of hydrogen-bond acceptors (Lipinski definition) is 3. The number of benzene rings is 1. The molecule has 2 aromatic rings. The van der Waals surface area contributed by atoms with E-state index in [2.05, 4.69) is 30.1 Å². The highest BCUT2D eigenvalue weighted by Gasteiger charge is 2.23. The van der Waals surface area contributed by atoms with E-state index in [1.165, 1.54) is 0 Å². The van der Waals surface area contributed by atoms with Crippen molar-refractivity contribution in [3.8, 4) is 0 Å². The fraction of sp³-hybridized carbons (Fsp3) is 0.500. The van der Waals surface area contributed by atoms with Crippen molar-refractivity contribution in [3.05, 3.63) is 35.1 Å². The Morgan fingerprint density at radius 1 is 1.27 bits per heavy atom. The molecule has 0 saturated carbocycles. The van der Waals surface area contributed by atoms with Gasteiger partial charge < -0.3 is 14.6 Å². The molecule has 0 atom stereocenters. The lowest BCUT2D eigenvalue weighted by molar-refractivity contribution is 0.0902. The number of fused-ring (bicyclic) bond motifs is 1. The average molecular weight is 302 g/mol. The van der Waals surface area contributed by atoms with Crippen LogP contribution in [0, 0.1) is 19.3 Å². The van der Waals surface area contributed by atoms with Gasteiger partial charge in [-0.05, 0) is 45.5 Å². The van der Waals surface area contributed by atoms with Crippen molar-refractivity contribution in [1.29, 1.82) is 0 Å². The molecule has 1 amide bonds. The maximum atomic E-state index is 12.4. The predicted octanol–water partition coefficient (Wildman–Crippen LogP) is 3.37. The Hall–Kier alpha value is -1.81. The van der Waals surface area contributed by atoms with Crippen molar-refractivity contribution in [2.75, 3.05) is 27.2 Å². The van der Waals surface area contributed by atoms with Crippen LogP contribution in [0.1, 0.15) is 35.5 Å². The van der Waals surface area contributed by atoms with Crippen molar-refractivity contribution < 1.29 is 9.21 Å². The van der Waals surface area contributed by atoms with Crippen LogP contribution in [0.3, 0.4) is 0 Å². The molecule has 0 fully saturated rings. The lowest BCUT2D eigenvalue weighted by Gasteiger charge is -2.28. The molecule has 4 heteroatoms. The fourth-order valence-corrected chi connectivity index (χ4v) is 2.86. The second-order valence-corrected chi connectivity index (χ2v) is 7.14. The van der Waals surface area contributed by atoms with Crippen LogP contribution >= 0.6 is 0 Å². The largest absolute Gasteiger partial charge is 0.451 e. The second kappa shape index (κ2) is 6.13. The molecule has 0 aliphatic rings. The number of furan rings is 1. The molecule has 0 aliphatic carbocycles. The van der Waals surface area contributed by atoms with Crippen LogP contribution in [-0.2, 0) is 0 Å². The van der Waals surface area contributed by atoms with Gasteiger partial charge in [0.25, 0.3) is 5.91 Å². The molecule has 22 heavy (non-hydrogen) atoms. The van der Waals surface area contributed by atoms with E-state index in [0.29, 0.717) is 12.3 Å². The van der Waals surface area contributed by atoms with Crippen molar-refractivity contribution >= 4 is 16.9 Å². The molecule has 1 N–H and O–H groups in total. The fourth-order valence-electron chi connectivity index (χ4n) is 2.86. The number of nitrogens with one attached hydrogen (secondary N) is 1. The van der Waals surface area contributed by atoms with Crippen LogP contribution in [0.2, 0.25) is 0 Å². The van der Waals surface area contributed by atoms with Crippen molar-refractivity contribution in [2.24, 2.45) is 5.41 Å². The summed E-state index contributed by atoms with van der Waals surface area (Å²) in [5.41, 5.74) is 2.84. The summed E-state index contributed by atoms with van der Waals surface area (Å²) in [6, 6.07) is 5.97. The van der Waals surface area contributed by atoms with Crippen LogP contribution in [-0.4, -0.2) is 38.0 Å². The molecule has 0 radical (unpaired) electrons. The average Bonchev–Trinajstić information content (AvgIpc) is 2.72. The summed E-state index contributed by atoms with van der Waals surface area (Å²) in [4.78, 5) is 14.6. The molecule has 0 saturated heterocycles. The van der Waals surface area contributed by atoms with Gasteiger partial charge in [0.15, 0.2) is 5.76 Å². The topological polar surface area (TPSA) is 45.5 Å². The van der Waals surface area contributed by atoms with Gasteiger partial charge in [-0.3, -0.25) is 4.79 Å². The van der Waals surface area contributed by atoms with E-state index in [1.54, 1.807) is 0 Å². The normalized spacial score (nSPS) is 12.1. The highest BCUT2D eigenvalue weighted by molar-refractivity contribution is 5.99. The zero-order valence-electron chi connectivity index (χ0n) is 14.4. The molecular weight excluding hydrogens is 276 g/mol. The Labute approximate surface area is 132 Å². The smallest absolute Gasteiger partial charge is 0.287 e. The summed E-state index contributed by atoms with van der Waals surface area (Å²) in [5, 5.41) is 4.01. The zero-order valence-corrected chi connectivity index (χ0v) is 14.4. The molecule has 0 unspecified atom stereocenters. The van der Waals surface area contributed by atoms with Crippen molar-refractivity contribution in [3.63, 3.8) is 0 Å². The van der Waals surface area contributed by atoms with Gasteiger partial charge in [-0.1, -0.05) is 25.5 Å². The van der Waals surface area contributed by atoms with E-state index < -0.39 is 0 Å². The predicted molar refractivity (Wildman–Crippen MR) is 90.4 cm³/mol. The standard InChI is InChI=1S/C18H26N2O2/c1-12-7-8-15-14(9-12)13(2)16(22-15)17(21)19-10-18(3,4)11-20(5)6/h7-9H,10-11H2,1-6H3,(H,19,21).